The van der Waals surface area contributed by atoms with E-state index in [1.54, 1.807) is 23.2 Å². The Balaban J connectivity index is 1.95. The maximum atomic E-state index is 11.5. The molecule has 1 amide bonds. The molecule has 0 bridgehead atoms. The molecule has 0 aromatic carbocycles. The second kappa shape index (κ2) is 6.65. The lowest BCUT2D eigenvalue weighted by Crippen LogP contribution is -2.29. The Morgan fingerprint density at radius 1 is 1.70 bits per heavy atom. The Kier molecular flexibility index (Phi) is 5.12. The van der Waals surface area contributed by atoms with E-state index in [9.17, 15) is 4.79 Å². The lowest BCUT2D eigenvalue weighted by Gasteiger charge is -2.17. The zero-order valence-electron chi connectivity index (χ0n) is 12.5. The first-order valence-corrected chi connectivity index (χ1v) is 8.09. The van der Waals surface area contributed by atoms with Crippen molar-refractivity contribution in [2.24, 2.45) is 11.7 Å². The maximum Gasteiger partial charge on any atom is 0.225 e. The van der Waals surface area contributed by atoms with E-state index in [2.05, 4.69) is 22.2 Å². The Hall–Kier alpha value is -0.980. The molecule has 2 unspecified atom stereocenters. The highest BCUT2D eigenvalue weighted by Crippen LogP contribution is 2.24. The lowest BCUT2D eigenvalue weighted by atomic mass is 10.0. The van der Waals surface area contributed by atoms with Gasteiger partial charge in [0.15, 0.2) is 5.13 Å². The molecule has 1 aliphatic rings. The van der Waals surface area contributed by atoms with E-state index in [1.807, 2.05) is 6.92 Å². The molecule has 6 heteroatoms. The fourth-order valence-corrected chi connectivity index (χ4v) is 3.57. The number of hydrogen-bond acceptors (Lipinski definition) is 5. The van der Waals surface area contributed by atoms with Crippen LogP contribution in [-0.4, -0.2) is 41.5 Å². The smallest absolute Gasteiger partial charge is 0.225 e. The minimum absolute atomic E-state index is 0.0478. The van der Waals surface area contributed by atoms with Crippen molar-refractivity contribution in [3.05, 3.63) is 11.1 Å². The van der Waals surface area contributed by atoms with Gasteiger partial charge in [0.25, 0.3) is 0 Å². The molecule has 2 rings (SSSR count). The van der Waals surface area contributed by atoms with E-state index in [0.717, 1.165) is 30.5 Å². The summed E-state index contributed by atoms with van der Waals surface area (Å²) in [6, 6.07) is 0.263. The average Bonchev–Trinajstić information content (AvgIpc) is 3.00. The maximum absolute atomic E-state index is 11.5. The molecule has 0 saturated carbocycles. The molecule has 0 radical (unpaired) electrons. The van der Waals surface area contributed by atoms with Crippen molar-refractivity contribution < 1.29 is 4.79 Å². The summed E-state index contributed by atoms with van der Waals surface area (Å²) in [4.78, 5) is 20.2. The summed E-state index contributed by atoms with van der Waals surface area (Å²) in [5.41, 5.74) is 7.02. The highest BCUT2D eigenvalue weighted by molar-refractivity contribution is 7.14. The first-order valence-electron chi connectivity index (χ1n) is 7.21. The van der Waals surface area contributed by atoms with Crippen LogP contribution in [0.25, 0.3) is 0 Å². The van der Waals surface area contributed by atoms with E-state index in [-0.39, 0.29) is 11.9 Å². The highest BCUT2D eigenvalue weighted by Gasteiger charge is 2.25. The van der Waals surface area contributed by atoms with Crippen molar-refractivity contribution in [3.63, 3.8) is 0 Å². The van der Waals surface area contributed by atoms with Crippen molar-refractivity contribution in [1.82, 2.24) is 9.88 Å². The van der Waals surface area contributed by atoms with Crippen LogP contribution in [0.5, 0.6) is 0 Å². The van der Waals surface area contributed by atoms with Gasteiger partial charge in [-0.15, -0.1) is 11.3 Å². The van der Waals surface area contributed by atoms with Crippen molar-refractivity contribution in [3.8, 4) is 0 Å². The number of carbonyl (C=O) groups excluding carboxylic acids is 1. The van der Waals surface area contributed by atoms with Gasteiger partial charge in [-0.3, -0.25) is 14.6 Å². The van der Waals surface area contributed by atoms with E-state index in [1.165, 1.54) is 6.42 Å². The number of amides is 1. The van der Waals surface area contributed by atoms with Crippen LogP contribution in [0.1, 0.15) is 32.9 Å². The molecular weight excluding hydrogens is 272 g/mol. The Bertz CT molecular complexity index is 460. The number of nitrogens with two attached hydrogens (primary N) is 1. The molecule has 5 nitrogen and oxygen atoms in total. The van der Waals surface area contributed by atoms with E-state index in [4.69, 9.17) is 5.73 Å². The standard InChI is InChI=1S/C14H24N4OS/c1-4-18(11(3)19)14-16-13(9-20-14)8-17-6-5-12(7-17)10(2)15/h9-10,12H,4-8,15H2,1-3H3. The first kappa shape index (κ1) is 15.4. The van der Waals surface area contributed by atoms with Crippen LogP contribution in [0.3, 0.4) is 0 Å². The van der Waals surface area contributed by atoms with Crippen LogP contribution < -0.4 is 10.6 Å². The predicted molar refractivity (Wildman–Crippen MR) is 82.8 cm³/mol. The number of thiazole rings is 1. The van der Waals surface area contributed by atoms with Gasteiger partial charge in [-0.25, -0.2) is 4.98 Å². The van der Waals surface area contributed by atoms with Gasteiger partial charge in [0.05, 0.1) is 5.69 Å². The third-order valence-electron chi connectivity index (χ3n) is 3.90. The Morgan fingerprint density at radius 2 is 2.45 bits per heavy atom. The zero-order chi connectivity index (χ0) is 14.7. The van der Waals surface area contributed by atoms with Crippen LogP contribution in [0.4, 0.5) is 5.13 Å². The van der Waals surface area contributed by atoms with E-state index < -0.39 is 0 Å². The van der Waals surface area contributed by atoms with Gasteiger partial charge in [0, 0.05) is 38.0 Å². The summed E-state index contributed by atoms with van der Waals surface area (Å²) in [6.45, 7) is 9.29. The van der Waals surface area contributed by atoms with Gasteiger partial charge in [-0.1, -0.05) is 0 Å². The van der Waals surface area contributed by atoms with Crippen LogP contribution in [0.15, 0.2) is 5.38 Å². The molecule has 2 atom stereocenters. The summed E-state index contributed by atoms with van der Waals surface area (Å²) in [7, 11) is 0. The normalized spacial score (nSPS) is 21.1. The van der Waals surface area contributed by atoms with Crippen molar-refractivity contribution in [2.75, 3.05) is 24.5 Å². The minimum Gasteiger partial charge on any atom is -0.328 e. The molecule has 112 valence electrons. The molecule has 1 aromatic rings. The van der Waals surface area contributed by atoms with Crippen LogP contribution in [0, 0.1) is 5.92 Å². The Labute approximate surface area is 124 Å². The predicted octanol–water partition coefficient (Wildman–Crippen LogP) is 1.68. The van der Waals surface area contributed by atoms with Crippen LogP contribution >= 0.6 is 11.3 Å². The lowest BCUT2D eigenvalue weighted by molar-refractivity contribution is -0.116. The molecule has 0 aliphatic carbocycles. The minimum atomic E-state index is 0.0478. The fraction of sp³-hybridized carbons (Fsp3) is 0.714. The number of rotatable bonds is 5. The van der Waals surface area contributed by atoms with Crippen LogP contribution in [0.2, 0.25) is 0 Å². The van der Waals surface area contributed by atoms with Gasteiger partial charge in [0.1, 0.15) is 0 Å². The molecule has 2 heterocycles. The molecule has 1 fully saturated rings. The molecule has 0 spiro atoms. The summed E-state index contributed by atoms with van der Waals surface area (Å²) < 4.78 is 0. The van der Waals surface area contributed by atoms with E-state index >= 15 is 0 Å². The van der Waals surface area contributed by atoms with Gasteiger partial charge in [-0.2, -0.15) is 0 Å². The molecule has 20 heavy (non-hydrogen) atoms. The molecular formula is C14H24N4OS. The molecule has 1 aromatic heterocycles. The number of nitrogens with zero attached hydrogens (tertiary/aromatic N) is 3. The third-order valence-corrected chi connectivity index (χ3v) is 4.82. The summed E-state index contributed by atoms with van der Waals surface area (Å²) in [5, 5.41) is 2.86. The summed E-state index contributed by atoms with van der Waals surface area (Å²) >= 11 is 1.54. The molecule has 1 aliphatic heterocycles. The first-order chi connectivity index (χ1) is 9.51. The average molecular weight is 296 g/mol. The third kappa shape index (κ3) is 3.56. The Morgan fingerprint density at radius 3 is 3.00 bits per heavy atom. The number of hydrogen-bond donors (Lipinski definition) is 1. The monoisotopic (exact) mass is 296 g/mol. The zero-order valence-corrected chi connectivity index (χ0v) is 13.3. The summed E-state index contributed by atoms with van der Waals surface area (Å²) in [6.07, 6.45) is 1.17. The van der Waals surface area contributed by atoms with Gasteiger partial charge < -0.3 is 5.73 Å². The number of carbonyl (C=O) groups is 1. The van der Waals surface area contributed by atoms with Gasteiger partial charge in [-0.05, 0) is 32.7 Å². The molecule has 2 N–H and O–H groups in total. The second-order valence-electron chi connectivity index (χ2n) is 5.53. The quantitative estimate of drug-likeness (QED) is 0.898. The number of anilines is 1. The fourth-order valence-electron chi connectivity index (χ4n) is 2.65. The van der Waals surface area contributed by atoms with E-state index in [0.29, 0.717) is 12.5 Å². The van der Waals surface area contributed by atoms with Crippen molar-refractivity contribution >= 4 is 22.4 Å². The van der Waals surface area contributed by atoms with Crippen molar-refractivity contribution in [2.45, 2.75) is 39.8 Å². The largest absolute Gasteiger partial charge is 0.328 e. The van der Waals surface area contributed by atoms with Crippen LogP contribution in [-0.2, 0) is 11.3 Å². The van der Waals surface area contributed by atoms with Crippen molar-refractivity contribution in [1.29, 1.82) is 0 Å². The number of likely N-dealkylation sites (tertiary alicyclic amines) is 1. The second-order valence-corrected chi connectivity index (χ2v) is 6.36. The van der Waals surface area contributed by atoms with Gasteiger partial charge >= 0.3 is 0 Å². The molecule has 1 saturated heterocycles. The van der Waals surface area contributed by atoms with Gasteiger partial charge in [0.2, 0.25) is 5.91 Å². The topological polar surface area (TPSA) is 62.5 Å². The SMILES string of the molecule is CCN(C(C)=O)c1nc(CN2CCC(C(C)N)C2)cs1. The number of aromatic nitrogens is 1. The highest BCUT2D eigenvalue weighted by atomic mass is 32.1. The summed E-state index contributed by atoms with van der Waals surface area (Å²) in [5.74, 6) is 0.643.